The molecule has 0 aliphatic heterocycles. The summed E-state index contributed by atoms with van der Waals surface area (Å²) in [7, 11) is 0. The number of anilines is 1. The topological polar surface area (TPSA) is 73.6 Å². The minimum Gasteiger partial charge on any atom is -0.490 e. The average molecular weight is 365 g/mol. The molecule has 1 atom stereocenters. The number of halogens is 1. The van der Waals surface area contributed by atoms with E-state index in [1.807, 2.05) is 62.4 Å². The van der Waals surface area contributed by atoms with Crippen LogP contribution in [-0.4, -0.2) is 25.2 Å². The second kappa shape index (κ2) is 10.6. The molecule has 0 radical (unpaired) electrons. The Morgan fingerprint density at radius 2 is 1.84 bits per heavy atom. The van der Waals surface area contributed by atoms with Crippen molar-refractivity contribution in [2.75, 3.05) is 18.5 Å². The number of amides is 1. The van der Waals surface area contributed by atoms with E-state index in [0.717, 1.165) is 17.7 Å². The summed E-state index contributed by atoms with van der Waals surface area (Å²) in [5, 5.41) is 2.78. The van der Waals surface area contributed by atoms with Gasteiger partial charge in [0.15, 0.2) is 18.1 Å². The first-order valence-electron chi connectivity index (χ1n) is 8.07. The zero-order valence-corrected chi connectivity index (χ0v) is 15.3. The Morgan fingerprint density at radius 3 is 2.48 bits per heavy atom. The number of ether oxygens (including phenoxy) is 2. The third-order valence-corrected chi connectivity index (χ3v) is 3.28. The Hall–Kier alpha value is -2.24. The molecule has 2 aromatic rings. The Kier molecular flexibility index (Phi) is 8.81. The predicted molar refractivity (Wildman–Crippen MR) is 103 cm³/mol. The van der Waals surface area contributed by atoms with E-state index in [2.05, 4.69) is 5.32 Å². The molecule has 0 aliphatic carbocycles. The molecule has 5 nitrogen and oxygen atoms in total. The lowest BCUT2D eigenvalue weighted by molar-refractivity contribution is -0.118. The highest BCUT2D eigenvalue weighted by Crippen LogP contribution is 2.29. The number of nitrogens with one attached hydrogen (secondary N) is 1. The van der Waals surface area contributed by atoms with Gasteiger partial charge in [-0.3, -0.25) is 4.79 Å². The number of carbonyl (C=O) groups excluding carboxylic acids is 1. The zero-order valence-electron chi connectivity index (χ0n) is 14.5. The Balaban J connectivity index is 0.00000312. The minimum atomic E-state index is -0.219. The van der Waals surface area contributed by atoms with Crippen molar-refractivity contribution in [1.29, 1.82) is 0 Å². The molecule has 0 saturated carbocycles. The maximum Gasteiger partial charge on any atom is 0.262 e. The van der Waals surface area contributed by atoms with Crippen LogP contribution in [0.25, 0.3) is 0 Å². The van der Waals surface area contributed by atoms with Crippen molar-refractivity contribution in [2.45, 2.75) is 26.3 Å². The number of hydrogen-bond donors (Lipinski definition) is 2. The Morgan fingerprint density at radius 1 is 1.12 bits per heavy atom. The molecule has 0 fully saturated rings. The lowest BCUT2D eigenvalue weighted by Crippen LogP contribution is -2.20. The van der Waals surface area contributed by atoms with Gasteiger partial charge in [-0.2, -0.15) is 0 Å². The maximum absolute atomic E-state index is 12.0. The normalized spacial score (nSPS) is 11.2. The first-order chi connectivity index (χ1) is 11.6. The van der Waals surface area contributed by atoms with Crippen LogP contribution < -0.4 is 20.5 Å². The van der Waals surface area contributed by atoms with Crippen molar-refractivity contribution < 1.29 is 14.3 Å². The van der Waals surface area contributed by atoms with Crippen LogP contribution in [0.1, 0.15) is 19.4 Å². The van der Waals surface area contributed by atoms with E-state index < -0.39 is 0 Å². The van der Waals surface area contributed by atoms with E-state index in [-0.39, 0.29) is 31.0 Å². The molecule has 2 aromatic carbocycles. The minimum absolute atomic E-state index is 0. The van der Waals surface area contributed by atoms with E-state index in [0.29, 0.717) is 18.1 Å². The first kappa shape index (κ1) is 20.8. The van der Waals surface area contributed by atoms with Crippen molar-refractivity contribution in [3.05, 3.63) is 54.1 Å². The third kappa shape index (κ3) is 7.03. The highest BCUT2D eigenvalue weighted by molar-refractivity contribution is 5.91. The number of nitrogens with two attached hydrogens (primary N) is 1. The maximum atomic E-state index is 12.0. The monoisotopic (exact) mass is 364 g/mol. The van der Waals surface area contributed by atoms with Gasteiger partial charge in [0.05, 0.1) is 6.61 Å². The molecule has 136 valence electrons. The molecule has 0 heterocycles. The number of rotatable bonds is 8. The van der Waals surface area contributed by atoms with E-state index in [4.69, 9.17) is 15.2 Å². The van der Waals surface area contributed by atoms with Crippen LogP contribution in [0.3, 0.4) is 0 Å². The highest BCUT2D eigenvalue weighted by Gasteiger charge is 2.10. The van der Waals surface area contributed by atoms with Crippen molar-refractivity contribution in [3.8, 4) is 11.5 Å². The van der Waals surface area contributed by atoms with Gasteiger partial charge in [-0.05, 0) is 50.1 Å². The van der Waals surface area contributed by atoms with E-state index in [1.165, 1.54) is 0 Å². The predicted octanol–water partition coefficient (Wildman–Crippen LogP) is 3.41. The van der Waals surface area contributed by atoms with Gasteiger partial charge in [-0.15, -0.1) is 12.4 Å². The van der Waals surface area contributed by atoms with Crippen LogP contribution in [0.5, 0.6) is 11.5 Å². The molecule has 6 heteroatoms. The molecule has 2 rings (SSSR count). The van der Waals surface area contributed by atoms with Crippen molar-refractivity contribution in [1.82, 2.24) is 0 Å². The van der Waals surface area contributed by atoms with Crippen LogP contribution in [-0.2, 0) is 11.2 Å². The molecular formula is C19H25ClN2O3. The average Bonchev–Trinajstić information content (AvgIpc) is 2.55. The fourth-order valence-electron chi connectivity index (χ4n) is 2.30. The molecule has 3 N–H and O–H groups in total. The Labute approximate surface area is 154 Å². The zero-order chi connectivity index (χ0) is 17.4. The van der Waals surface area contributed by atoms with E-state index in [9.17, 15) is 4.79 Å². The molecule has 1 unspecified atom stereocenters. The number of carbonyl (C=O) groups is 1. The summed E-state index contributed by atoms with van der Waals surface area (Å²) in [6.07, 6.45) is 0.759. The Bertz CT molecular complexity index is 663. The van der Waals surface area contributed by atoms with Crippen molar-refractivity contribution in [2.24, 2.45) is 5.73 Å². The fourth-order valence-corrected chi connectivity index (χ4v) is 2.30. The SMILES string of the molecule is CCOc1cc(CC(C)N)ccc1OCC(=O)Nc1ccccc1.Cl. The highest BCUT2D eigenvalue weighted by atomic mass is 35.5. The van der Waals surface area contributed by atoms with Crippen LogP contribution in [0.2, 0.25) is 0 Å². The van der Waals surface area contributed by atoms with Crippen molar-refractivity contribution in [3.63, 3.8) is 0 Å². The molecule has 25 heavy (non-hydrogen) atoms. The van der Waals surface area contributed by atoms with Crippen LogP contribution >= 0.6 is 12.4 Å². The summed E-state index contributed by atoms with van der Waals surface area (Å²) in [5.74, 6) is 0.958. The van der Waals surface area contributed by atoms with Gasteiger partial charge in [-0.25, -0.2) is 0 Å². The smallest absolute Gasteiger partial charge is 0.262 e. The molecular weight excluding hydrogens is 340 g/mol. The van der Waals surface area contributed by atoms with E-state index >= 15 is 0 Å². The lowest BCUT2D eigenvalue weighted by Gasteiger charge is -2.14. The quantitative estimate of drug-likeness (QED) is 0.752. The van der Waals surface area contributed by atoms with Gasteiger partial charge in [0, 0.05) is 11.7 Å². The summed E-state index contributed by atoms with van der Waals surface area (Å²) in [5.41, 5.74) is 7.65. The summed E-state index contributed by atoms with van der Waals surface area (Å²) >= 11 is 0. The first-order valence-corrected chi connectivity index (χ1v) is 8.07. The molecule has 0 spiro atoms. The number of benzene rings is 2. The standard InChI is InChI=1S/C19H24N2O3.ClH/c1-3-23-18-12-15(11-14(2)20)9-10-17(18)24-13-19(22)21-16-7-5-4-6-8-16;/h4-10,12,14H,3,11,13,20H2,1-2H3,(H,21,22);1H. The summed E-state index contributed by atoms with van der Waals surface area (Å²) < 4.78 is 11.2. The largest absolute Gasteiger partial charge is 0.490 e. The van der Waals surface area contributed by atoms with Gasteiger partial charge >= 0.3 is 0 Å². The van der Waals surface area contributed by atoms with Gasteiger partial charge in [0.2, 0.25) is 0 Å². The fraction of sp³-hybridized carbons (Fsp3) is 0.316. The van der Waals surface area contributed by atoms with E-state index in [1.54, 1.807) is 0 Å². The van der Waals surface area contributed by atoms with Gasteiger partial charge < -0.3 is 20.5 Å². The van der Waals surface area contributed by atoms with Gasteiger partial charge in [-0.1, -0.05) is 24.3 Å². The molecule has 0 aliphatic rings. The summed E-state index contributed by atoms with van der Waals surface area (Å²) in [6, 6.07) is 15.0. The summed E-state index contributed by atoms with van der Waals surface area (Å²) in [4.78, 5) is 12.0. The van der Waals surface area contributed by atoms with Crippen LogP contribution in [0.4, 0.5) is 5.69 Å². The number of para-hydroxylation sites is 1. The molecule has 0 aromatic heterocycles. The molecule has 0 saturated heterocycles. The van der Waals surface area contributed by atoms with Gasteiger partial charge in [0.1, 0.15) is 0 Å². The second-order valence-corrected chi connectivity index (χ2v) is 5.60. The van der Waals surface area contributed by atoms with Crippen molar-refractivity contribution >= 4 is 24.0 Å². The van der Waals surface area contributed by atoms with Crippen LogP contribution in [0.15, 0.2) is 48.5 Å². The van der Waals surface area contributed by atoms with Gasteiger partial charge in [0.25, 0.3) is 5.91 Å². The number of hydrogen-bond acceptors (Lipinski definition) is 4. The second-order valence-electron chi connectivity index (χ2n) is 5.60. The lowest BCUT2D eigenvalue weighted by atomic mass is 10.1. The van der Waals surface area contributed by atoms with Crippen LogP contribution in [0, 0.1) is 0 Å². The third-order valence-electron chi connectivity index (χ3n) is 3.28. The molecule has 1 amide bonds. The molecule has 0 bridgehead atoms. The summed E-state index contributed by atoms with van der Waals surface area (Å²) in [6.45, 7) is 4.30.